The van der Waals surface area contributed by atoms with Crippen molar-refractivity contribution >= 4 is 0 Å². The summed E-state index contributed by atoms with van der Waals surface area (Å²) in [7, 11) is 0. The normalized spacial score (nSPS) is 30.4. The highest BCUT2D eigenvalue weighted by Gasteiger charge is 2.49. The number of hydrogen-bond acceptors (Lipinski definition) is 0. The average molecular weight is 220 g/mol. The summed E-state index contributed by atoms with van der Waals surface area (Å²) >= 11 is 0. The van der Waals surface area contributed by atoms with Gasteiger partial charge in [0.25, 0.3) is 0 Å². The minimum Gasteiger partial charge on any atom is -0.171 e. The van der Waals surface area contributed by atoms with E-state index in [4.69, 9.17) is 0 Å². The third kappa shape index (κ3) is 2.78. The van der Waals surface area contributed by atoms with Crippen molar-refractivity contribution in [1.82, 2.24) is 0 Å². The summed E-state index contributed by atoms with van der Waals surface area (Å²) in [6, 6.07) is 0. The molecule has 0 spiro atoms. The molecule has 0 unspecified atom stereocenters. The van der Waals surface area contributed by atoms with E-state index < -0.39 is 30.6 Å². The van der Waals surface area contributed by atoms with Crippen molar-refractivity contribution in [2.24, 2.45) is 11.8 Å². The maximum atomic E-state index is 12.1. The highest BCUT2D eigenvalue weighted by atomic mass is 19.4. The zero-order valence-corrected chi connectivity index (χ0v) is 7.25. The van der Waals surface area contributed by atoms with Gasteiger partial charge in [-0.05, 0) is 19.3 Å². The predicted molar refractivity (Wildman–Crippen MR) is 37.6 cm³/mol. The summed E-state index contributed by atoms with van der Waals surface area (Å²) < 4.78 is 72.8. The Hall–Kier alpha value is -0.420. The van der Waals surface area contributed by atoms with Gasteiger partial charge in [-0.25, -0.2) is 0 Å². The molecule has 0 amide bonds. The molecule has 1 aliphatic rings. The van der Waals surface area contributed by atoms with Gasteiger partial charge in [0, 0.05) is 0 Å². The predicted octanol–water partition coefficient (Wildman–Crippen LogP) is 3.92. The Balaban J connectivity index is 2.61. The maximum absolute atomic E-state index is 12.1. The average Bonchev–Trinajstić information content (AvgIpc) is 2.01. The van der Waals surface area contributed by atoms with Crippen LogP contribution in [-0.4, -0.2) is 12.4 Å². The first-order chi connectivity index (χ1) is 6.21. The van der Waals surface area contributed by atoms with Crippen molar-refractivity contribution in [3.63, 3.8) is 0 Å². The molecule has 0 aromatic heterocycles. The molecule has 0 heterocycles. The molecule has 1 rings (SSSR count). The van der Waals surface area contributed by atoms with Crippen LogP contribution in [0.2, 0.25) is 0 Å². The Bertz CT molecular complexity index is 171. The minimum absolute atomic E-state index is 0.00829. The Labute approximate surface area is 77.3 Å². The van der Waals surface area contributed by atoms with Crippen LogP contribution in [-0.2, 0) is 0 Å². The van der Waals surface area contributed by atoms with E-state index >= 15 is 0 Å². The molecular formula is C8H10F6. The lowest BCUT2D eigenvalue weighted by atomic mass is 9.81. The quantitative estimate of drug-likeness (QED) is 0.543. The Kier molecular flexibility index (Phi) is 3.02. The lowest BCUT2D eigenvalue weighted by Gasteiger charge is -2.31. The molecule has 1 saturated carbocycles. The van der Waals surface area contributed by atoms with Crippen molar-refractivity contribution in [2.75, 3.05) is 0 Å². The lowest BCUT2D eigenvalue weighted by molar-refractivity contribution is -0.222. The Morgan fingerprint density at radius 1 is 0.714 bits per heavy atom. The van der Waals surface area contributed by atoms with Gasteiger partial charge in [-0.1, -0.05) is 6.42 Å². The lowest BCUT2D eigenvalue weighted by Crippen LogP contribution is -2.34. The van der Waals surface area contributed by atoms with E-state index in [0.717, 1.165) is 0 Å². The first-order valence-corrected chi connectivity index (χ1v) is 4.34. The molecule has 0 aromatic carbocycles. The second-order valence-electron chi connectivity index (χ2n) is 3.64. The largest absolute Gasteiger partial charge is 0.391 e. The van der Waals surface area contributed by atoms with E-state index in [2.05, 4.69) is 0 Å². The molecule has 1 fully saturated rings. The van der Waals surface area contributed by atoms with Gasteiger partial charge in [0.1, 0.15) is 0 Å². The van der Waals surface area contributed by atoms with Crippen molar-refractivity contribution in [3.8, 4) is 0 Å². The fraction of sp³-hybridized carbons (Fsp3) is 1.00. The Morgan fingerprint density at radius 3 is 1.36 bits per heavy atom. The zero-order chi connectivity index (χ0) is 11.0. The van der Waals surface area contributed by atoms with Gasteiger partial charge in [0.2, 0.25) is 0 Å². The van der Waals surface area contributed by atoms with E-state index in [0.29, 0.717) is 0 Å². The summed E-state index contributed by atoms with van der Waals surface area (Å²) in [6.07, 6.45) is -10.1. The second-order valence-corrected chi connectivity index (χ2v) is 3.64. The highest BCUT2D eigenvalue weighted by Crippen LogP contribution is 2.45. The summed E-state index contributed by atoms with van der Waals surface area (Å²) in [5.41, 5.74) is 0. The van der Waals surface area contributed by atoms with Gasteiger partial charge in [-0.15, -0.1) is 0 Å². The third-order valence-electron chi connectivity index (χ3n) is 2.60. The summed E-state index contributed by atoms with van der Waals surface area (Å²) in [5, 5.41) is 0. The Morgan fingerprint density at radius 2 is 1.07 bits per heavy atom. The van der Waals surface area contributed by atoms with E-state index in [-0.39, 0.29) is 19.3 Å². The van der Waals surface area contributed by atoms with Crippen LogP contribution >= 0.6 is 0 Å². The summed E-state index contributed by atoms with van der Waals surface area (Å²) in [6.45, 7) is 0. The number of hydrogen-bond donors (Lipinski definition) is 0. The molecule has 6 heteroatoms. The molecule has 0 aromatic rings. The molecule has 0 radical (unpaired) electrons. The molecular weight excluding hydrogens is 210 g/mol. The van der Waals surface area contributed by atoms with Crippen LogP contribution in [0.3, 0.4) is 0 Å². The second kappa shape index (κ2) is 3.62. The zero-order valence-electron chi connectivity index (χ0n) is 7.25. The van der Waals surface area contributed by atoms with Crippen molar-refractivity contribution < 1.29 is 26.3 Å². The monoisotopic (exact) mass is 220 g/mol. The minimum atomic E-state index is -4.48. The van der Waals surface area contributed by atoms with E-state index in [1.54, 1.807) is 0 Å². The SMILES string of the molecule is FC(F)(F)[C@@H]1CCC[C@H](C(F)(F)F)C1. The van der Waals surface area contributed by atoms with Crippen molar-refractivity contribution in [1.29, 1.82) is 0 Å². The first kappa shape index (κ1) is 11.7. The molecule has 0 N–H and O–H groups in total. The fourth-order valence-electron chi connectivity index (χ4n) is 1.78. The smallest absolute Gasteiger partial charge is 0.171 e. The standard InChI is InChI=1S/C8H10F6/c9-7(10,11)5-2-1-3-6(4-5)8(12,13)14/h5-6H,1-4H2/t5-,6+. The maximum Gasteiger partial charge on any atom is 0.391 e. The molecule has 1 aliphatic carbocycles. The van der Waals surface area contributed by atoms with Crippen LogP contribution in [0.1, 0.15) is 25.7 Å². The van der Waals surface area contributed by atoms with Gasteiger partial charge in [-0.2, -0.15) is 26.3 Å². The molecule has 0 saturated heterocycles. The van der Waals surface area contributed by atoms with E-state index in [9.17, 15) is 26.3 Å². The van der Waals surface area contributed by atoms with Crippen LogP contribution in [0.15, 0.2) is 0 Å². The van der Waals surface area contributed by atoms with Crippen molar-refractivity contribution in [3.05, 3.63) is 0 Å². The number of rotatable bonds is 0. The van der Waals surface area contributed by atoms with Crippen LogP contribution in [0, 0.1) is 11.8 Å². The summed E-state index contributed by atoms with van der Waals surface area (Å²) in [5.74, 6) is -3.55. The molecule has 14 heavy (non-hydrogen) atoms. The summed E-state index contributed by atoms with van der Waals surface area (Å²) in [4.78, 5) is 0. The van der Waals surface area contributed by atoms with Crippen LogP contribution < -0.4 is 0 Å². The van der Waals surface area contributed by atoms with Gasteiger partial charge < -0.3 is 0 Å². The van der Waals surface area contributed by atoms with Crippen LogP contribution in [0.25, 0.3) is 0 Å². The third-order valence-corrected chi connectivity index (χ3v) is 2.60. The fourth-order valence-corrected chi connectivity index (χ4v) is 1.78. The molecule has 2 atom stereocenters. The van der Waals surface area contributed by atoms with Crippen LogP contribution in [0.5, 0.6) is 0 Å². The molecule has 0 nitrogen and oxygen atoms in total. The molecule has 0 aliphatic heterocycles. The van der Waals surface area contributed by atoms with E-state index in [1.807, 2.05) is 0 Å². The number of alkyl halides is 6. The van der Waals surface area contributed by atoms with Gasteiger partial charge in [-0.3, -0.25) is 0 Å². The first-order valence-electron chi connectivity index (χ1n) is 4.34. The van der Waals surface area contributed by atoms with Crippen molar-refractivity contribution in [2.45, 2.75) is 38.0 Å². The van der Waals surface area contributed by atoms with E-state index in [1.165, 1.54) is 0 Å². The van der Waals surface area contributed by atoms with Gasteiger partial charge in [0.05, 0.1) is 11.8 Å². The molecule has 84 valence electrons. The highest BCUT2D eigenvalue weighted by molar-refractivity contribution is 4.81. The van der Waals surface area contributed by atoms with Gasteiger partial charge in [0.15, 0.2) is 0 Å². The number of halogens is 6. The molecule has 0 bridgehead atoms. The van der Waals surface area contributed by atoms with Gasteiger partial charge >= 0.3 is 12.4 Å². The topological polar surface area (TPSA) is 0 Å². The van der Waals surface area contributed by atoms with Crippen LogP contribution in [0.4, 0.5) is 26.3 Å².